The molecule has 4 amide bonds. The number of amides is 4. The van der Waals surface area contributed by atoms with Crippen LogP contribution in [-0.2, 0) is 45.1 Å². The molecule has 0 unspecified atom stereocenters. The van der Waals surface area contributed by atoms with Gasteiger partial charge in [-0.15, -0.1) is 0 Å². The van der Waals surface area contributed by atoms with Crippen molar-refractivity contribution in [3.8, 4) is 0 Å². The number of nitrogens with two attached hydrogens (primary N) is 4. The summed E-state index contributed by atoms with van der Waals surface area (Å²) in [4.78, 5) is 64.0. The smallest absolute Gasteiger partial charge is 0.435 e. The zero-order valence-corrected chi connectivity index (χ0v) is 35.0. The molecule has 0 aliphatic rings. The van der Waals surface area contributed by atoms with Gasteiger partial charge in [0, 0.05) is 73.9 Å². The summed E-state index contributed by atoms with van der Waals surface area (Å²) in [5.74, 6) is 19.1. The lowest BCUT2D eigenvalue weighted by Crippen LogP contribution is -2.50. The van der Waals surface area contributed by atoms with Gasteiger partial charge in [0.05, 0.1) is 6.54 Å². The fraction of sp³-hybridized carbons (Fsp3) is 0.762. The van der Waals surface area contributed by atoms with Gasteiger partial charge in [0.1, 0.15) is 0 Å². The molecule has 0 radical (unpaired) electrons. The van der Waals surface area contributed by atoms with Gasteiger partial charge in [-0.3, -0.25) is 22.5 Å². The molecule has 0 bridgehead atoms. The Kier molecular flexibility index (Phi) is 41.6. The van der Waals surface area contributed by atoms with Crippen molar-refractivity contribution in [3.05, 3.63) is 0 Å². The van der Waals surface area contributed by atoms with Gasteiger partial charge in [0.2, 0.25) is 6.08 Å². The second kappa shape index (κ2) is 36.2. The Balaban J connectivity index is -0.000000179. The fourth-order valence-electron chi connectivity index (χ4n) is 2.73. The van der Waals surface area contributed by atoms with E-state index >= 15 is 0 Å². The van der Waals surface area contributed by atoms with E-state index < -0.39 is 56.1 Å². The molecule has 0 aromatic heterocycles. The van der Waals surface area contributed by atoms with E-state index in [1.165, 1.54) is 34.5 Å². The van der Waals surface area contributed by atoms with E-state index in [2.05, 4.69) is 27.3 Å². The zero-order valence-electron chi connectivity index (χ0n) is 29.7. The Morgan fingerprint density at radius 3 is 1.38 bits per heavy atom. The van der Waals surface area contributed by atoms with E-state index in [4.69, 9.17) is 47.2 Å². The number of nitrogens with one attached hydrogen (secondary N) is 4. The van der Waals surface area contributed by atoms with Gasteiger partial charge in [-0.2, -0.15) is 0 Å². The first kappa shape index (κ1) is 55.3. The summed E-state index contributed by atoms with van der Waals surface area (Å²) in [6, 6.07) is 0.275. The summed E-state index contributed by atoms with van der Waals surface area (Å²) in [7, 11) is -1.69. The van der Waals surface area contributed by atoms with Crippen LogP contribution in [0.15, 0.2) is 4.99 Å². The Bertz CT molecular complexity index is 854. The van der Waals surface area contributed by atoms with E-state index in [1.54, 1.807) is 14.2 Å². The van der Waals surface area contributed by atoms with Gasteiger partial charge >= 0.3 is 38.0 Å². The normalized spacial score (nSPS) is 10.5. The maximum Gasteiger partial charge on any atom is 0.491 e. The molecule has 0 aliphatic carbocycles. The third-order valence-corrected chi connectivity index (χ3v) is 15.9. The first-order valence-corrected chi connectivity index (χ1v) is 25.8. The monoisotopic (exact) mass is 785 g/mol. The van der Waals surface area contributed by atoms with Crippen molar-refractivity contribution in [3.63, 3.8) is 0 Å². The van der Waals surface area contributed by atoms with Crippen molar-refractivity contribution in [2.75, 3.05) is 62.3 Å². The first-order chi connectivity index (χ1) is 22.6. The molecule has 0 aromatic rings. The Morgan fingerprint density at radius 1 is 0.750 bits per heavy atom. The maximum absolute atomic E-state index is 10.9. The van der Waals surface area contributed by atoms with Crippen molar-refractivity contribution in [2.45, 2.75) is 44.3 Å². The molecule has 0 spiro atoms. The minimum absolute atomic E-state index is 0.218. The summed E-state index contributed by atoms with van der Waals surface area (Å²) in [6.07, 6.45) is 1.38. The predicted octanol–water partition coefficient (Wildman–Crippen LogP) is -3.33. The second-order valence-electron chi connectivity index (χ2n) is 9.05. The van der Waals surface area contributed by atoms with Crippen molar-refractivity contribution in [2.24, 2.45) is 28.4 Å². The van der Waals surface area contributed by atoms with Crippen LogP contribution < -0.4 is 44.9 Å². The average Bonchev–Trinajstić information content (AvgIpc) is 3.09. The van der Waals surface area contributed by atoms with Gasteiger partial charge in [0.25, 0.3) is 0 Å². The number of nitrogens with zero attached hydrogens (tertiary/aromatic N) is 1. The van der Waals surface area contributed by atoms with Crippen molar-refractivity contribution in [1.29, 1.82) is 0 Å². The lowest BCUT2D eigenvalue weighted by Gasteiger charge is -2.28. The molecular weight excluding hydrogens is 727 g/mol. The van der Waals surface area contributed by atoms with Crippen molar-refractivity contribution in [1.82, 2.24) is 21.5 Å². The van der Waals surface area contributed by atoms with E-state index in [1.807, 2.05) is 37.0 Å². The standard InChI is InChI=1S/C7H21N3O4Si2.C6H15N3O4Si.C6H11NO4Si.C2H8OSi.H4N2/c1-12-16(13-2,14-15(3)4)6-5-9-7(11)10-8;1-12-14(5-10,13-2)4-3-8-6(11)9-7;1-10-12(6-9,11-2)4-3-7-5-8;1-4(2)3;1-2/h15H,5-6,8H2,1-4H3,(H2,9,10,11);5H,3-4,7H2,1-2H3,(H2,8,9,11);6H,3-4H2,1-2H3;3-4H,1-2H3;1-2H2. The molecule has 0 rings (SSSR count). The van der Waals surface area contributed by atoms with E-state index in [0.29, 0.717) is 36.5 Å². The minimum Gasteiger partial charge on any atom is -0.435 e. The molecule has 48 heavy (non-hydrogen) atoms. The highest BCUT2D eigenvalue weighted by molar-refractivity contribution is 6.92. The number of hydrogen-bond donors (Lipinski definition) is 9. The lowest BCUT2D eigenvalue weighted by atomic mass is 10.7. The van der Waals surface area contributed by atoms with Crippen LogP contribution in [0.3, 0.4) is 0 Å². The van der Waals surface area contributed by atoms with Crippen LogP contribution in [0.2, 0.25) is 44.3 Å². The maximum atomic E-state index is 10.9. The molecule has 286 valence electrons. The molecule has 0 heterocycles. The topological polar surface area (TPSA) is 335 Å². The summed E-state index contributed by atoms with van der Waals surface area (Å²) in [5, 5.41) is 5.00. The van der Waals surface area contributed by atoms with Crippen LogP contribution in [0.4, 0.5) is 9.59 Å². The third-order valence-electron chi connectivity index (χ3n) is 5.15. The number of isocyanates is 1. The highest BCUT2D eigenvalue weighted by Crippen LogP contribution is 2.14. The van der Waals surface area contributed by atoms with Crippen LogP contribution >= 0.6 is 0 Å². The summed E-state index contributed by atoms with van der Waals surface area (Å²) >= 11 is 0. The Labute approximate surface area is 289 Å². The molecule has 0 aliphatic heterocycles. The van der Waals surface area contributed by atoms with Gasteiger partial charge in [0.15, 0.2) is 29.9 Å². The van der Waals surface area contributed by atoms with Crippen LogP contribution in [0.1, 0.15) is 0 Å². The molecule has 0 aromatic carbocycles. The van der Waals surface area contributed by atoms with Crippen molar-refractivity contribution < 1.29 is 59.4 Å². The van der Waals surface area contributed by atoms with E-state index in [9.17, 15) is 24.0 Å². The van der Waals surface area contributed by atoms with Crippen LogP contribution in [0.5, 0.6) is 0 Å². The number of carbonyl (C=O) groups is 4. The summed E-state index contributed by atoms with van der Waals surface area (Å²) in [5.41, 5.74) is 3.88. The number of rotatable bonds is 19. The highest BCUT2D eigenvalue weighted by atomic mass is 28.4. The SMILES string of the molecule is CO[Si](C=O)(CCN=C=O)OC.CO[Si](C=O)(CCNC(=O)NN)OC.CO[Si](CCNC(=O)NN)(OC)O[SiH](C)C.C[SiH](C)O.NN. The first-order valence-electron chi connectivity index (χ1n) is 14.1. The van der Waals surface area contributed by atoms with Crippen LogP contribution in [0.25, 0.3) is 0 Å². The largest absolute Gasteiger partial charge is 0.491 e. The Hall–Kier alpha value is -2.14. The number of hydrogen-bond acceptors (Lipinski definition) is 18. The van der Waals surface area contributed by atoms with Crippen LogP contribution in [-0.4, -0.2) is 141 Å². The summed E-state index contributed by atoms with van der Waals surface area (Å²) < 4.78 is 36.3. The van der Waals surface area contributed by atoms with E-state index in [-0.39, 0.29) is 13.1 Å². The van der Waals surface area contributed by atoms with Gasteiger partial charge in [-0.1, -0.05) is 0 Å². The fourth-order valence-corrected chi connectivity index (χ4v) is 10.5. The predicted molar refractivity (Wildman–Crippen MR) is 191 cm³/mol. The third kappa shape index (κ3) is 31.2. The molecule has 0 atom stereocenters. The number of urea groups is 2. The molecule has 0 fully saturated rings. The molecule has 13 N–H and O–H groups in total. The lowest BCUT2D eigenvalue weighted by molar-refractivity contribution is 0.161. The van der Waals surface area contributed by atoms with Gasteiger partial charge < -0.3 is 55.7 Å². The Morgan fingerprint density at radius 2 is 1.10 bits per heavy atom. The second-order valence-corrected chi connectivity index (χ2v) is 23.3. The number of aliphatic imine (C=N–C) groups is 1. The molecule has 22 nitrogen and oxygen atoms in total. The molecule has 0 saturated carbocycles. The quantitative estimate of drug-likeness (QED) is 0.0118. The summed E-state index contributed by atoms with van der Waals surface area (Å²) in [6.45, 7) is 8.70. The highest BCUT2D eigenvalue weighted by Gasteiger charge is 2.39. The van der Waals surface area contributed by atoms with Crippen LogP contribution in [0, 0.1) is 0 Å². The minimum atomic E-state index is -2.76. The zero-order chi connectivity index (χ0) is 38.7. The average molecular weight is 786 g/mol. The number of carbonyl (C=O) groups excluding carboxylic acids is 5. The number of hydrazine groups is 3. The van der Waals surface area contributed by atoms with Gasteiger partial charge in [-0.05, 0) is 26.2 Å². The van der Waals surface area contributed by atoms with Crippen molar-refractivity contribution >= 4 is 74.0 Å². The molecule has 27 heteroatoms. The molecular formula is C21H59N9O13Si5. The molecule has 0 saturated heterocycles. The van der Waals surface area contributed by atoms with E-state index in [0.717, 1.165) is 0 Å². The van der Waals surface area contributed by atoms with Gasteiger partial charge in [-0.25, -0.2) is 31.1 Å².